The van der Waals surface area contributed by atoms with Crippen LogP contribution in [-0.4, -0.2) is 87.5 Å². The Labute approximate surface area is 286 Å². The molecule has 5 rings (SSSR count). The maximum Gasteiger partial charge on any atom is 0.407 e. The van der Waals surface area contributed by atoms with Crippen molar-refractivity contribution in [3.05, 3.63) is 29.0 Å². The lowest BCUT2D eigenvalue weighted by Crippen LogP contribution is -2.45. The van der Waals surface area contributed by atoms with Crippen LogP contribution < -0.4 is 20.4 Å². The number of phenols is 1. The highest BCUT2D eigenvalue weighted by atomic mass is 79.9. The number of piperidine rings is 2. The van der Waals surface area contributed by atoms with Gasteiger partial charge in [-0.15, -0.1) is 0 Å². The van der Waals surface area contributed by atoms with E-state index in [0.29, 0.717) is 41.2 Å². The van der Waals surface area contributed by atoms with Crippen LogP contribution in [-0.2, 0) is 9.47 Å². The van der Waals surface area contributed by atoms with E-state index in [1.54, 1.807) is 18.2 Å². The number of alkyl carbamates (subject to hydrolysis) is 2. The van der Waals surface area contributed by atoms with Gasteiger partial charge in [0.15, 0.2) is 5.82 Å². The third kappa shape index (κ3) is 11.2. The molecule has 0 aliphatic carbocycles. The zero-order valence-electron chi connectivity index (χ0n) is 26.6. The fourth-order valence-electron chi connectivity index (χ4n) is 4.77. The minimum atomic E-state index is -0.338. The van der Waals surface area contributed by atoms with Gasteiger partial charge in [0.05, 0.1) is 18.8 Å². The molecule has 0 saturated carbocycles. The normalized spacial score (nSPS) is 15.8. The average molecular weight is 740 g/mol. The van der Waals surface area contributed by atoms with Gasteiger partial charge in [0.1, 0.15) is 5.75 Å². The standard InChI is InChI=1S/C18H24N4O3S.C12H19BrN4O2S/c1-12(2)11-25-18(24)19-13-7-9-22(10-8-13)17-20-16(21-26-17)14-5-3-4-6-15(14)23;1-8(2)7-19-12(18)14-9-3-5-17(6-4-9)11-15-10(13)16-20-11/h3-6,12-13,23H,7-11H2,1-2H3,(H,19,24);8-9H,3-7H2,1-2H3,(H,14,18). The van der Waals surface area contributed by atoms with Gasteiger partial charge < -0.3 is 35.0 Å². The van der Waals surface area contributed by atoms with Crippen molar-refractivity contribution in [3.8, 4) is 17.1 Å². The van der Waals surface area contributed by atoms with Gasteiger partial charge in [0, 0.05) is 61.3 Å². The molecular weight excluding hydrogens is 696 g/mol. The summed E-state index contributed by atoms with van der Waals surface area (Å²) in [6, 6.07) is 7.37. The lowest BCUT2D eigenvalue weighted by atomic mass is 10.1. The number of carbonyl (C=O) groups excluding carboxylic acids is 2. The second kappa shape index (κ2) is 17.6. The van der Waals surface area contributed by atoms with Crippen LogP contribution >= 0.6 is 39.0 Å². The van der Waals surface area contributed by atoms with E-state index in [-0.39, 0.29) is 30.0 Å². The summed E-state index contributed by atoms with van der Waals surface area (Å²) >= 11 is 5.98. The number of rotatable bonds is 9. The Balaban J connectivity index is 0.000000216. The average Bonchev–Trinajstić information content (AvgIpc) is 3.70. The quantitative estimate of drug-likeness (QED) is 0.240. The van der Waals surface area contributed by atoms with Crippen molar-refractivity contribution < 1.29 is 24.2 Å². The van der Waals surface area contributed by atoms with Crippen molar-refractivity contribution >= 4 is 61.4 Å². The Kier molecular flexibility index (Phi) is 13.6. The van der Waals surface area contributed by atoms with E-state index in [0.717, 1.165) is 62.1 Å². The second-order valence-corrected chi connectivity index (χ2v) is 14.2. The number of para-hydroxylation sites is 1. The summed E-state index contributed by atoms with van der Waals surface area (Å²) in [6.45, 7) is 12.3. The van der Waals surface area contributed by atoms with Crippen LogP contribution in [0.2, 0.25) is 0 Å². The topological polar surface area (TPSA) is 155 Å². The maximum atomic E-state index is 11.8. The number of nitrogens with zero attached hydrogens (tertiary/aromatic N) is 6. The first-order valence-electron chi connectivity index (χ1n) is 15.5. The van der Waals surface area contributed by atoms with Gasteiger partial charge in [-0.25, -0.2) is 9.59 Å². The molecule has 2 saturated heterocycles. The molecule has 2 aromatic heterocycles. The minimum absolute atomic E-state index is 0.122. The highest BCUT2D eigenvalue weighted by Gasteiger charge is 2.25. The predicted octanol–water partition coefficient (Wildman–Crippen LogP) is 5.91. The molecule has 0 atom stereocenters. The molecule has 2 amide bonds. The molecule has 2 fully saturated rings. The highest BCUT2D eigenvalue weighted by Crippen LogP contribution is 2.31. The molecule has 46 heavy (non-hydrogen) atoms. The Morgan fingerprint density at radius 3 is 1.78 bits per heavy atom. The van der Waals surface area contributed by atoms with Gasteiger partial charge in [-0.2, -0.15) is 18.7 Å². The van der Waals surface area contributed by atoms with Gasteiger partial charge >= 0.3 is 12.2 Å². The zero-order valence-corrected chi connectivity index (χ0v) is 29.9. The summed E-state index contributed by atoms with van der Waals surface area (Å²) in [5.41, 5.74) is 0.638. The third-order valence-electron chi connectivity index (χ3n) is 7.22. The molecule has 2 aliphatic heterocycles. The largest absolute Gasteiger partial charge is 0.507 e. The summed E-state index contributed by atoms with van der Waals surface area (Å²) in [5, 5.41) is 17.6. The van der Waals surface area contributed by atoms with Crippen molar-refractivity contribution in [2.45, 2.75) is 65.5 Å². The van der Waals surface area contributed by atoms with E-state index in [1.165, 1.54) is 23.1 Å². The first-order valence-corrected chi connectivity index (χ1v) is 17.9. The molecular formula is C30H43BrN8O5S2. The van der Waals surface area contributed by atoms with E-state index >= 15 is 0 Å². The van der Waals surface area contributed by atoms with Gasteiger partial charge in [-0.05, 0) is 65.6 Å². The van der Waals surface area contributed by atoms with Crippen molar-refractivity contribution in [1.29, 1.82) is 0 Å². The number of hydrogen-bond donors (Lipinski definition) is 3. The Bertz CT molecular complexity index is 1390. The summed E-state index contributed by atoms with van der Waals surface area (Å²) in [7, 11) is 0. The number of anilines is 2. The maximum absolute atomic E-state index is 11.8. The second-order valence-electron chi connectivity index (χ2n) is 12.1. The number of halogens is 1. The SMILES string of the molecule is CC(C)COC(=O)NC1CCN(c2nc(-c3ccccc3O)ns2)CC1.CC(C)COC(=O)NC1CCN(c2nc(Br)ns2)CC1. The fourth-order valence-corrected chi connectivity index (χ4v) is 6.63. The molecule has 0 radical (unpaired) electrons. The number of aromatic nitrogens is 4. The summed E-state index contributed by atoms with van der Waals surface area (Å²) < 4.78 is 19.4. The Morgan fingerprint density at radius 1 is 0.848 bits per heavy atom. The number of hydrogen-bond acceptors (Lipinski definition) is 13. The zero-order chi connectivity index (χ0) is 33.1. The minimum Gasteiger partial charge on any atom is -0.507 e. The van der Waals surface area contributed by atoms with Crippen molar-refractivity contribution in [2.24, 2.45) is 11.8 Å². The fraction of sp³-hybridized carbons (Fsp3) is 0.600. The van der Waals surface area contributed by atoms with E-state index < -0.39 is 0 Å². The van der Waals surface area contributed by atoms with E-state index in [9.17, 15) is 14.7 Å². The molecule has 3 aromatic rings. The molecule has 2 aliphatic rings. The lowest BCUT2D eigenvalue weighted by Gasteiger charge is -2.31. The monoisotopic (exact) mass is 738 g/mol. The summed E-state index contributed by atoms with van der Waals surface area (Å²) in [6.07, 6.45) is 2.82. The van der Waals surface area contributed by atoms with Gasteiger partial charge in [0.2, 0.25) is 15.0 Å². The van der Waals surface area contributed by atoms with E-state index in [1.807, 2.05) is 33.8 Å². The number of benzene rings is 1. The Hall–Kier alpha value is -3.24. The first-order chi connectivity index (χ1) is 22.1. The molecule has 3 N–H and O–H groups in total. The molecule has 4 heterocycles. The molecule has 0 bridgehead atoms. The predicted molar refractivity (Wildman–Crippen MR) is 184 cm³/mol. The lowest BCUT2D eigenvalue weighted by molar-refractivity contribution is 0.127. The smallest absolute Gasteiger partial charge is 0.407 e. The number of phenolic OH excluding ortho intramolecular Hbond substituents is 1. The van der Waals surface area contributed by atoms with E-state index in [2.05, 4.69) is 55.1 Å². The van der Waals surface area contributed by atoms with Crippen LogP contribution in [0, 0.1) is 11.8 Å². The third-order valence-corrected chi connectivity index (χ3v) is 9.36. The van der Waals surface area contributed by atoms with Crippen molar-refractivity contribution in [2.75, 3.05) is 49.2 Å². The van der Waals surface area contributed by atoms with E-state index in [4.69, 9.17) is 9.47 Å². The number of aromatic hydroxyl groups is 1. The Morgan fingerprint density at radius 2 is 1.33 bits per heavy atom. The van der Waals surface area contributed by atoms with Gasteiger partial charge in [-0.1, -0.05) is 39.8 Å². The van der Waals surface area contributed by atoms with Crippen LogP contribution in [0.25, 0.3) is 11.4 Å². The number of carbonyl (C=O) groups is 2. The number of nitrogens with one attached hydrogen (secondary N) is 2. The molecule has 252 valence electrons. The molecule has 16 heteroatoms. The number of amides is 2. The summed E-state index contributed by atoms with van der Waals surface area (Å²) in [4.78, 5) is 36.6. The van der Waals surface area contributed by atoms with Gasteiger partial charge in [0.25, 0.3) is 0 Å². The van der Waals surface area contributed by atoms with Crippen LogP contribution in [0.4, 0.5) is 19.9 Å². The first kappa shape index (κ1) is 35.6. The van der Waals surface area contributed by atoms with Crippen molar-refractivity contribution in [1.82, 2.24) is 29.3 Å². The van der Waals surface area contributed by atoms with Crippen LogP contribution in [0.5, 0.6) is 5.75 Å². The van der Waals surface area contributed by atoms with Crippen LogP contribution in [0.3, 0.4) is 0 Å². The molecule has 0 spiro atoms. The van der Waals surface area contributed by atoms with Crippen molar-refractivity contribution in [3.63, 3.8) is 0 Å². The molecule has 1 aromatic carbocycles. The molecule has 0 unspecified atom stereocenters. The number of ether oxygens (including phenoxy) is 2. The van der Waals surface area contributed by atoms with Crippen LogP contribution in [0.15, 0.2) is 29.0 Å². The van der Waals surface area contributed by atoms with Gasteiger partial charge in [-0.3, -0.25) is 0 Å². The van der Waals surface area contributed by atoms with Crippen LogP contribution in [0.1, 0.15) is 53.4 Å². The molecule has 13 nitrogen and oxygen atoms in total. The summed E-state index contributed by atoms with van der Waals surface area (Å²) in [5.74, 6) is 1.41. The highest BCUT2D eigenvalue weighted by molar-refractivity contribution is 9.10.